The number of aromatic nitrogens is 3. The van der Waals surface area contributed by atoms with Gasteiger partial charge in [0.1, 0.15) is 11.6 Å². The first kappa shape index (κ1) is 20.3. The van der Waals surface area contributed by atoms with Gasteiger partial charge >= 0.3 is 0 Å². The van der Waals surface area contributed by atoms with E-state index in [1.807, 2.05) is 18.5 Å². The summed E-state index contributed by atoms with van der Waals surface area (Å²) in [5, 5.41) is 1.63. The summed E-state index contributed by atoms with van der Waals surface area (Å²) in [4.78, 5) is 18.1. The molecule has 3 aromatic rings. The molecule has 1 N–H and O–H groups in total. The van der Waals surface area contributed by atoms with Crippen molar-refractivity contribution in [3.8, 4) is 11.4 Å². The van der Waals surface area contributed by atoms with Crippen molar-refractivity contribution < 1.29 is 4.39 Å². The number of hydrogen-bond donors (Lipinski definition) is 1. The zero-order valence-corrected chi connectivity index (χ0v) is 18.2. The largest absolute Gasteiger partial charge is 0.354 e. The van der Waals surface area contributed by atoms with Gasteiger partial charge in [-0.25, -0.2) is 14.4 Å². The molecule has 0 amide bonds. The quantitative estimate of drug-likeness (QED) is 0.612. The molecule has 1 aliphatic heterocycles. The maximum atomic E-state index is 13.5. The minimum atomic E-state index is -0.366. The number of anilines is 1. The van der Waals surface area contributed by atoms with Crippen LogP contribution in [-0.4, -0.2) is 52.6 Å². The SMILES string of the molecule is CC(C)CN1CCN(c2cc(-c3nc(Cc4scc(F)c4Cl)c[nH]3)ccn2)CC1. The third-order valence-electron chi connectivity index (χ3n) is 5.07. The van der Waals surface area contributed by atoms with Crippen molar-refractivity contribution in [3.05, 3.63) is 51.3 Å². The molecule has 29 heavy (non-hydrogen) atoms. The van der Waals surface area contributed by atoms with Gasteiger partial charge in [0.2, 0.25) is 0 Å². The number of aromatic amines is 1. The molecular weight excluding hydrogens is 409 g/mol. The molecule has 0 atom stereocenters. The number of halogens is 2. The lowest BCUT2D eigenvalue weighted by atomic mass is 10.2. The Labute approximate surface area is 179 Å². The van der Waals surface area contributed by atoms with E-state index in [0.717, 1.165) is 60.5 Å². The predicted octanol–water partition coefficient (Wildman–Crippen LogP) is 4.69. The maximum Gasteiger partial charge on any atom is 0.152 e. The zero-order chi connectivity index (χ0) is 20.4. The van der Waals surface area contributed by atoms with E-state index < -0.39 is 0 Å². The first-order valence-electron chi connectivity index (χ1n) is 9.89. The van der Waals surface area contributed by atoms with Gasteiger partial charge < -0.3 is 9.88 Å². The maximum absolute atomic E-state index is 13.5. The van der Waals surface area contributed by atoms with Gasteiger partial charge in [-0.2, -0.15) is 0 Å². The molecule has 1 aliphatic rings. The van der Waals surface area contributed by atoms with Gasteiger partial charge in [-0.15, -0.1) is 11.3 Å². The van der Waals surface area contributed by atoms with Crippen LogP contribution < -0.4 is 4.90 Å². The van der Waals surface area contributed by atoms with Gasteiger partial charge in [-0.1, -0.05) is 25.4 Å². The van der Waals surface area contributed by atoms with Crippen LogP contribution in [0, 0.1) is 11.7 Å². The Balaban J connectivity index is 1.44. The van der Waals surface area contributed by atoms with E-state index in [2.05, 4.69) is 44.7 Å². The number of H-pyrrole nitrogens is 1. The minimum absolute atomic E-state index is 0.197. The van der Waals surface area contributed by atoms with Crippen LogP contribution in [0.1, 0.15) is 24.4 Å². The van der Waals surface area contributed by atoms with Crippen LogP contribution in [0.4, 0.5) is 10.2 Å². The summed E-state index contributed by atoms with van der Waals surface area (Å²) in [6, 6.07) is 4.04. The van der Waals surface area contributed by atoms with E-state index >= 15 is 0 Å². The zero-order valence-electron chi connectivity index (χ0n) is 16.7. The second-order valence-electron chi connectivity index (χ2n) is 7.82. The van der Waals surface area contributed by atoms with E-state index in [1.165, 1.54) is 16.7 Å². The average Bonchev–Trinajstić information content (AvgIpc) is 3.31. The number of hydrogen-bond acceptors (Lipinski definition) is 5. The number of nitrogens with zero attached hydrogens (tertiary/aromatic N) is 4. The number of piperazine rings is 1. The van der Waals surface area contributed by atoms with Crippen molar-refractivity contribution in [1.82, 2.24) is 19.9 Å². The molecule has 0 bridgehead atoms. The van der Waals surface area contributed by atoms with Crippen molar-refractivity contribution in [1.29, 1.82) is 0 Å². The molecule has 5 nitrogen and oxygen atoms in total. The smallest absolute Gasteiger partial charge is 0.152 e. The Morgan fingerprint density at radius 1 is 1.28 bits per heavy atom. The molecule has 0 spiro atoms. The van der Waals surface area contributed by atoms with Crippen LogP contribution in [0.5, 0.6) is 0 Å². The van der Waals surface area contributed by atoms with Crippen LogP contribution in [-0.2, 0) is 6.42 Å². The number of nitrogens with one attached hydrogen (secondary N) is 1. The summed E-state index contributed by atoms with van der Waals surface area (Å²) < 4.78 is 13.5. The van der Waals surface area contributed by atoms with Gasteiger partial charge in [0.25, 0.3) is 0 Å². The fourth-order valence-electron chi connectivity index (χ4n) is 3.66. The highest BCUT2D eigenvalue weighted by Crippen LogP contribution is 2.29. The third-order valence-corrected chi connectivity index (χ3v) is 6.55. The molecule has 8 heteroatoms. The van der Waals surface area contributed by atoms with Crippen LogP contribution in [0.3, 0.4) is 0 Å². The molecule has 4 rings (SSSR count). The highest BCUT2D eigenvalue weighted by atomic mass is 35.5. The number of rotatable bonds is 6. The minimum Gasteiger partial charge on any atom is -0.354 e. The van der Waals surface area contributed by atoms with Crippen LogP contribution in [0.25, 0.3) is 11.4 Å². The van der Waals surface area contributed by atoms with Gasteiger partial charge in [-0.3, -0.25) is 4.90 Å². The first-order valence-corrected chi connectivity index (χ1v) is 11.1. The van der Waals surface area contributed by atoms with Gasteiger partial charge in [0.15, 0.2) is 5.82 Å². The standard InChI is InChI=1S/C21H25ClFN5S/c1-14(2)12-27-5-7-28(8-6-27)19-9-15(3-4-24-19)21-25-11-16(26-21)10-18-20(22)17(23)13-29-18/h3-4,9,11,13-14H,5-8,10,12H2,1-2H3,(H,25,26). The summed E-state index contributed by atoms with van der Waals surface area (Å²) in [5.74, 6) is 2.09. The van der Waals surface area contributed by atoms with Crippen molar-refractivity contribution in [2.75, 3.05) is 37.6 Å². The molecule has 0 saturated carbocycles. The predicted molar refractivity (Wildman–Crippen MR) is 117 cm³/mol. The van der Waals surface area contributed by atoms with Gasteiger partial charge in [0, 0.05) is 67.4 Å². The number of thiophene rings is 1. The lowest BCUT2D eigenvalue weighted by Gasteiger charge is -2.36. The summed E-state index contributed by atoms with van der Waals surface area (Å²) in [6.45, 7) is 9.76. The Bertz CT molecular complexity index is 962. The highest BCUT2D eigenvalue weighted by Gasteiger charge is 2.19. The molecule has 3 aromatic heterocycles. The molecule has 0 aliphatic carbocycles. The fraction of sp³-hybridized carbons (Fsp3) is 0.429. The molecule has 0 unspecified atom stereocenters. The van der Waals surface area contributed by atoms with Crippen molar-refractivity contribution >= 4 is 28.8 Å². The molecule has 0 radical (unpaired) electrons. The monoisotopic (exact) mass is 433 g/mol. The molecule has 4 heterocycles. The van der Waals surface area contributed by atoms with E-state index in [1.54, 1.807) is 0 Å². The molecule has 1 fully saturated rings. The summed E-state index contributed by atoms with van der Waals surface area (Å²) >= 11 is 7.33. The Kier molecular flexibility index (Phi) is 6.18. The first-order chi connectivity index (χ1) is 14.0. The Morgan fingerprint density at radius 3 is 2.76 bits per heavy atom. The summed E-state index contributed by atoms with van der Waals surface area (Å²) in [7, 11) is 0. The summed E-state index contributed by atoms with van der Waals surface area (Å²) in [6.07, 6.45) is 4.20. The number of imidazole rings is 1. The molecule has 0 aromatic carbocycles. The fourth-order valence-corrected chi connectivity index (χ4v) is 4.77. The topological polar surface area (TPSA) is 48.0 Å². The molecule has 154 valence electrons. The van der Waals surface area contributed by atoms with Crippen molar-refractivity contribution in [2.45, 2.75) is 20.3 Å². The molecule has 1 saturated heterocycles. The van der Waals surface area contributed by atoms with Crippen molar-refractivity contribution in [3.63, 3.8) is 0 Å². The average molecular weight is 434 g/mol. The van der Waals surface area contributed by atoms with Crippen LogP contribution in [0.2, 0.25) is 5.02 Å². The van der Waals surface area contributed by atoms with Crippen molar-refractivity contribution in [2.24, 2.45) is 5.92 Å². The van der Waals surface area contributed by atoms with Crippen LogP contribution >= 0.6 is 22.9 Å². The lowest BCUT2D eigenvalue weighted by Crippen LogP contribution is -2.47. The third kappa shape index (κ3) is 4.79. The number of pyridine rings is 1. The van der Waals surface area contributed by atoms with E-state index in [4.69, 9.17) is 11.6 Å². The van der Waals surface area contributed by atoms with E-state index in [0.29, 0.717) is 12.3 Å². The lowest BCUT2D eigenvalue weighted by molar-refractivity contribution is 0.231. The van der Waals surface area contributed by atoms with E-state index in [9.17, 15) is 4.39 Å². The second kappa shape index (κ2) is 8.81. The van der Waals surface area contributed by atoms with Crippen LogP contribution in [0.15, 0.2) is 29.9 Å². The summed E-state index contributed by atoms with van der Waals surface area (Å²) in [5.41, 5.74) is 1.83. The van der Waals surface area contributed by atoms with E-state index in [-0.39, 0.29) is 10.8 Å². The van der Waals surface area contributed by atoms with Gasteiger partial charge in [0.05, 0.1) is 10.7 Å². The Hall–Kier alpha value is -1.96. The second-order valence-corrected chi connectivity index (χ2v) is 9.16. The van der Waals surface area contributed by atoms with Gasteiger partial charge in [-0.05, 0) is 18.1 Å². The highest BCUT2D eigenvalue weighted by molar-refractivity contribution is 7.10. The normalized spacial score (nSPS) is 15.4. The molecular formula is C21H25ClFN5S. The Morgan fingerprint density at radius 2 is 2.07 bits per heavy atom.